The number of halogens is 1. The summed E-state index contributed by atoms with van der Waals surface area (Å²) >= 11 is 5.91. The van der Waals surface area contributed by atoms with Crippen molar-refractivity contribution in [2.45, 2.75) is 26.9 Å². The SMILES string of the molecule is Cc1ccc(C(=O)[C@H](C)OC(=O)c2cc([N+](=O)[O-])ccc2Cl)cc1C. The number of hydrogen-bond donors (Lipinski definition) is 0. The molecule has 2 aromatic rings. The number of aryl methyl sites for hydroxylation is 2. The first-order chi connectivity index (χ1) is 11.7. The average Bonchev–Trinajstić information content (AvgIpc) is 2.56. The van der Waals surface area contributed by atoms with Crippen molar-refractivity contribution in [2.75, 3.05) is 0 Å². The lowest BCUT2D eigenvalue weighted by Crippen LogP contribution is -2.24. The summed E-state index contributed by atoms with van der Waals surface area (Å²) in [5, 5.41) is 10.8. The Morgan fingerprint density at radius 1 is 1.12 bits per heavy atom. The van der Waals surface area contributed by atoms with Gasteiger partial charge in [0, 0.05) is 17.7 Å². The van der Waals surface area contributed by atoms with E-state index >= 15 is 0 Å². The van der Waals surface area contributed by atoms with Crippen LogP contribution in [0.2, 0.25) is 5.02 Å². The quantitative estimate of drug-likeness (QED) is 0.343. The monoisotopic (exact) mass is 361 g/mol. The van der Waals surface area contributed by atoms with Crippen molar-refractivity contribution in [1.29, 1.82) is 0 Å². The molecule has 2 aromatic carbocycles. The Hall–Kier alpha value is -2.73. The van der Waals surface area contributed by atoms with Crippen molar-refractivity contribution >= 4 is 29.0 Å². The molecule has 0 aliphatic heterocycles. The molecular weight excluding hydrogens is 346 g/mol. The Morgan fingerprint density at radius 2 is 1.80 bits per heavy atom. The molecule has 0 heterocycles. The number of nitro groups is 1. The molecule has 0 bridgehead atoms. The highest BCUT2D eigenvalue weighted by Crippen LogP contribution is 2.23. The molecule has 0 N–H and O–H groups in total. The Balaban J connectivity index is 2.19. The Kier molecular flexibility index (Phi) is 5.54. The number of ether oxygens (including phenoxy) is 1. The van der Waals surface area contributed by atoms with Gasteiger partial charge in [-0.05, 0) is 44.0 Å². The number of non-ortho nitro benzene ring substituents is 1. The fourth-order valence-electron chi connectivity index (χ4n) is 2.19. The maximum absolute atomic E-state index is 12.4. The highest BCUT2D eigenvalue weighted by atomic mass is 35.5. The summed E-state index contributed by atoms with van der Waals surface area (Å²) < 4.78 is 5.14. The Bertz CT molecular complexity index is 863. The number of hydrogen-bond acceptors (Lipinski definition) is 5. The summed E-state index contributed by atoms with van der Waals surface area (Å²) in [5.41, 5.74) is 1.98. The van der Waals surface area contributed by atoms with E-state index in [0.29, 0.717) is 5.56 Å². The van der Waals surface area contributed by atoms with Crippen LogP contribution in [0.4, 0.5) is 5.69 Å². The fraction of sp³-hybridized carbons (Fsp3) is 0.222. The summed E-state index contributed by atoms with van der Waals surface area (Å²) in [6, 6.07) is 8.65. The molecule has 25 heavy (non-hydrogen) atoms. The van der Waals surface area contributed by atoms with Crippen LogP contribution in [0.1, 0.15) is 38.8 Å². The number of nitrogens with zero attached hydrogens (tertiary/aromatic N) is 1. The van der Waals surface area contributed by atoms with E-state index in [2.05, 4.69) is 0 Å². The molecule has 0 saturated heterocycles. The van der Waals surface area contributed by atoms with Crippen molar-refractivity contribution in [3.05, 3.63) is 73.8 Å². The molecule has 7 heteroatoms. The van der Waals surface area contributed by atoms with Gasteiger partial charge in [-0.1, -0.05) is 23.7 Å². The van der Waals surface area contributed by atoms with E-state index in [0.717, 1.165) is 17.2 Å². The normalized spacial score (nSPS) is 11.7. The third kappa shape index (κ3) is 4.22. The van der Waals surface area contributed by atoms with Gasteiger partial charge in [0.15, 0.2) is 6.10 Å². The molecule has 0 spiro atoms. The maximum Gasteiger partial charge on any atom is 0.340 e. The fourth-order valence-corrected chi connectivity index (χ4v) is 2.38. The van der Waals surface area contributed by atoms with Crippen molar-refractivity contribution < 1.29 is 19.2 Å². The van der Waals surface area contributed by atoms with Crippen LogP contribution in [0.5, 0.6) is 0 Å². The molecule has 0 aromatic heterocycles. The number of ketones is 1. The number of esters is 1. The lowest BCUT2D eigenvalue weighted by molar-refractivity contribution is -0.384. The van der Waals surface area contributed by atoms with E-state index < -0.39 is 17.0 Å². The number of nitro benzene ring substituents is 1. The van der Waals surface area contributed by atoms with Crippen LogP contribution in [0.3, 0.4) is 0 Å². The number of Topliss-reactive ketones (excluding diaryl/α,β-unsaturated/α-hetero) is 1. The topological polar surface area (TPSA) is 86.5 Å². The van der Waals surface area contributed by atoms with Gasteiger partial charge in [0.1, 0.15) is 0 Å². The molecule has 0 aliphatic carbocycles. The van der Waals surface area contributed by atoms with E-state index in [4.69, 9.17) is 16.3 Å². The maximum atomic E-state index is 12.4. The lowest BCUT2D eigenvalue weighted by Gasteiger charge is -2.13. The van der Waals surface area contributed by atoms with Gasteiger partial charge in [-0.25, -0.2) is 4.79 Å². The molecule has 130 valence electrons. The van der Waals surface area contributed by atoms with Gasteiger partial charge in [0.2, 0.25) is 5.78 Å². The van der Waals surface area contributed by atoms with E-state index in [1.165, 1.54) is 19.1 Å². The molecule has 0 amide bonds. The van der Waals surface area contributed by atoms with Crippen molar-refractivity contribution in [1.82, 2.24) is 0 Å². The second-order valence-corrected chi connectivity index (χ2v) is 6.04. The van der Waals surface area contributed by atoms with Crippen LogP contribution >= 0.6 is 11.6 Å². The van der Waals surface area contributed by atoms with E-state index in [1.54, 1.807) is 12.1 Å². The minimum absolute atomic E-state index is 0.0152. The predicted octanol–water partition coefficient (Wildman–Crippen LogP) is 4.29. The molecular formula is C18H16ClNO5. The van der Waals surface area contributed by atoms with Crippen molar-refractivity contribution in [2.24, 2.45) is 0 Å². The summed E-state index contributed by atoms with van der Waals surface area (Å²) in [6.45, 7) is 5.25. The summed E-state index contributed by atoms with van der Waals surface area (Å²) in [5.74, 6) is -1.25. The van der Waals surface area contributed by atoms with E-state index in [9.17, 15) is 19.7 Å². The lowest BCUT2D eigenvalue weighted by atomic mass is 10.0. The van der Waals surface area contributed by atoms with Crippen LogP contribution in [-0.2, 0) is 4.74 Å². The van der Waals surface area contributed by atoms with Crippen LogP contribution in [0.25, 0.3) is 0 Å². The zero-order valence-corrected chi connectivity index (χ0v) is 14.7. The minimum atomic E-state index is -1.05. The number of carbonyl (C=O) groups excluding carboxylic acids is 2. The van der Waals surface area contributed by atoms with Gasteiger partial charge < -0.3 is 4.74 Å². The zero-order valence-electron chi connectivity index (χ0n) is 13.9. The first-order valence-electron chi connectivity index (χ1n) is 7.47. The highest BCUT2D eigenvalue weighted by Gasteiger charge is 2.23. The van der Waals surface area contributed by atoms with E-state index in [-0.39, 0.29) is 22.1 Å². The summed E-state index contributed by atoms with van der Waals surface area (Å²) in [6.07, 6.45) is -1.05. The van der Waals surface area contributed by atoms with Gasteiger partial charge in [-0.15, -0.1) is 0 Å². The zero-order chi connectivity index (χ0) is 18.7. The van der Waals surface area contributed by atoms with Crippen molar-refractivity contribution in [3.63, 3.8) is 0 Å². The van der Waals surface area contributed by atoms with Gasteiger partial charge in [0.25, 0.3) is 5.69 Å². The number of benzene rings is 2. The summed E-state index contributed by atoms with van der Waals surface area (Å²) in [4.78, 5) is 34.8. The third-order valence-corrected chi connectivity index (χ3v) is 4.15. The van der Waals surface area contributed by atoms with Gasteiger partial charge in [0.05, 0.1) is 15.5 Å². The first-order valence-corrected chi connectivity index (χ1v) is 7.85. The smallest absolute Gasteiger partial charge is 0.340 e. The van der Waals surface area contributed by atoms with Gasteiger partial charge in [-0.2, -0.15) is 0 Å². The minimum Gasteiger partial charge on any atom is -0.451 e. The van der Waals surface area contributed by atoms with Crippen LogP contribution in [0, 0.1) is 24.0 Å². The average molecular weight is 362 g/mol. The number of rotatable bonds is 5. The molecule has 0 unspecified atom stereocenters. The molecule has 2 rings (SSSR count). The molecule has 0 aliphatic rings. The second-order valence-electron chi connectivity index (χ2n) is 5.63. The van der Waals surface area contributed by atoms with Gasteiger partial charge in [-0.3, -0.25) is 14.9 Å². The molecule has 0 fully saturated rings. The van der Waals surface area contributed by atoms with Crippen LogP contribution in [-0.4, -0.2) is 22.8 Å². The summed E-state index contributed by atoms with van der Waals surface area (Å²) in [7, 11) is 0. The largest absolute Gasteiger partial charge is 0.451 e. The standard InChI is InChI=1S/C18H16ClNO5/c1-10-4-5-13(8-11(10)2)17(21)12(3)25-18(22)15-9-14(20(23)24)6-7-16(15)19/h4-9,12H,1-3H3/t12-/m0/s1. The highest BCUT2D eigenvalue weighted by molar-refractivity contribution is 6.33. The van der Waals surface area contributed by atoms with Gasteiger partial charge >= 0.3 is 5.97 Å². The number of carbonyl (C=O) groups is 2. The second kappa shape index (κ2) is 7.44. The van der Waals surface area contributed by atoms with Crippen molar-refractivity contribution in [3.8, 4) is 0 Å². The van der Waals surface area contributed by atoms with Crippen LogP contribution in [0.15, 0.2) is 36.4 Å². The Morgan fingerprint density at radius 3 is 2.40 bits per heavy atom. The molecule has 6 nitrogen and oxygen atoms in total. The van der Waals surface area contributed by atoms with E-state index in [1.807, 2.05) is 19.9 Å². The molecule has 0 saturated carbocycles. The van der Waals surface area contributed by atoms with Crippen LogP contribution < -0.4 is 0 Å². The molecule has 1 atom stereocenters. The molecule has 0 radical (unpaired) electrons. The first kappa shape index (κ1) is 18.6. The third-order valence-electron chi connectivity index (χ3n) is 3.83. The Labute approximate surface area is 149 Å². The predicted molar refractivity (Wildman–Crippen MR) is 93.2 cm³/mol.